The van der Waals surface area contributed by atoms with Crippen molar-refractivity contribution in [3.05, 3.63) is 99.6 Å². The number of aromatic nitrogens is 2. The summed E-state index contributed by atoms with van der Waals surface area (Å²) in [7, 11) is 0. The van der Waals surface area contributed by atoms with Crippen molar-refractivity contribution < 1.29 is 23.9 Å². The standard InChI is InChI=1S/C27H21N3O6/c1-3-35-18-11-9-17(10-12-18)30-25(32)19-13-8-16(14-21(19)26(30)33)27(34)36-15(2)23-28-22-7-5-4-6-20(22)24(31)29-23/h4-15H,3H2,1-2H3,(H,28,29,31). The van der Waals surface area contributed by atoms with E-state index in [1.165, 1.54) is 18.2 Å². The number of hydrogen-bond donors (Lipinski definition) is 1. The van der Waals surface area contributed by atoms with Crippen LogP contribution in [0, 0.1) is 0 Å². The summed E-state index contributed by atoms with van der Waals surface area (Å²) in [5.41, 5.74) is 0.934. The Bertz CT molecular complexity index is 1570. The molecule has 9 heteroatoms. The maximum Gasteiger partial charge on any atom is 0.338 e. The molecular formula is C27H21N3O6. The third-order valence-electron chi connectivity index (χ3n) is 5.83. The second-order valence-corrected chi connectivity index (χ2v) is 8.15. The summed E-state index contributed by atoms with van der Waals surface area (Å²) in [5, 5.41) is 0.429. The second-order valence-electron chi connectivity index (χ2n) is 8.15. The summed E-state index contributed by atoms with van der Waals surface area (Å²) >= 11 is 0. The number of imide groups is 1. The molecule has 1 atom stereocenters. The molecule has 0 saturated carbocycles. The molecule has 1 N–H and O–H groups in total. The Labute approximate surface area is 205 Å². The van der Waals surface area contributed by atoms with E-state index in [9.17, 15) is 19.2 Å². The minimum Gasteiger partial charge on any atom is -0.494 e. The lowest BCUT2D eigenvalue weighted by molar-refractivity contribution is 0.0319. The molecule has 36 heavy (non-hydrogen) atoms. The molecule has 9 nitrogen and oxygen atoms in total. The van der Waals surface area contributed by atoms with E-state index in [0.29, 0.717) is 28.9 Å². The van der Waals surface area contributed by atoms with Crippen LogP contribution < -0.4 is 15.2 Å². The molecule has 0 saturated heterocycles. The van der Waals surface area contributed by atoms with Crippen molar-refractivity contribution in [2.75, 3.05) is 11.5 Å². The number of esters is 1. The van der Waals surface area contributed by atoms with Crippen LogP contribution in [0.2, 0.25) is 0 Å². The van der Waals surface area contributed by atoms with E-state index >= 15 is 0 Å². The Kier molecular flexibility index (Phi) is 5.81. The number of para-hydroxylation sites is 1. The molecule has 1 aliphatic heterocycles. The van der Waals surface area contributed by atoms with Crippen LogP contribution in [0.25, 0.3) is 10.9 Å². The minimum absolute atomic E-state index is 0.0958. The molecule has 0 bridgehead atoms. The van der Waals surface area contributed by atoms with Crippen LogP contribution in [0.1, 0.15) is 56.8 Å². The number of rotatable bonds is 6. The lowest BCUT2D eigenvalue weighted by Gasteiger charge is -2.14. The quantitative estimate of drug-likeness (QED) is 0.325. The third kappa shape index (κ3) is 4.00. The van der Waals surface area contributed by atoms with Crippen LogP contribution in [-0.4, -0.2) is 34.4 Å². The Morgan fingerprint density at radius 2 is 1.69 bits per heavy atom. The third-order valence-corrected chi connectivity index (χ3v) is 5.83. The van der Waals surface area contributed by atoms with Gasteiger partial charge in [0.25, 0.3) is 17.4 Å². The summed E-state index contributed by atoms with van der Waals surface area (Å²) in [6.45, 7) is 3.94. The topological polar surface area (TPSA) is 119 Å². The Balaban J connectivity index is 1.37. The highest BCUT2D eigenvalue weighted by molar-refractivity contribution is 6.34. The molecular weight excluding hydrogens is 462 g/mol. The number of H-pyrrole nitrogens is 1. The van der Waals surface area contributed by atoms with E-state index < -0.39 is 23.9 Å². The summed E-state index contributed by atoms with van der Waals surface area (Å²) in [4.78, 5) is 59.2. The van der Waals surface area contributed by atoms with Gasteiger partial charge < -0.3 is 14.5 Å². The molecule has 1 aromatic heterocycles. The van der Waals surface area contributed by atoms with Gasteiger partial charge in [-0.2, -0.15) is 0 Å². The van der Waals surface area contributed by atoms with Crippen molar-refractivity contribution in [1.82, 2.24) is 9.97 Å². The number of carbonyl (C=O) groups is 3. The van der Waals surface area contributed by atoms with Gasteiger partial charge in [-0.05, 0) is 68.4 Å². The van der Waals surface area contributed by atoms with E-state index in [1.54, 1.807) is 55.5 Å². The van der Waals surface area contributed by atoms with Gasteiger partial charge in [-0.1, -0.05) is 12.1 Å². The second kappa shape index (κ2) is 9.10. The first-order chi connectivity index (χ1) is 17.4. The van der Waals surface area contributed by atoms with Crippen molar-refractivity contribution in [3.63, 3.8) is 0 Å². The van der Waals surface area contributed by atoms with Gasteiger partial charge in [-0.3, -0.25) is 14.4 Å². The number of hydrogen-bond acceptors (Lipinski definition) is 7. The van der Waals surface area contributed by atoms with Crippen LogP contribution in [0.15, 0.2) is 71.5 Å². The number of anilines is 1. The van der Waals surface area contributed by atoms with Crippen LogP contribution in [0.3, 0.4) is 0 Å². The molecule has 4 aromatic rings. The van der Waals surface area contributed by atoms with E-state index in [0.717, 1.165) is 4.90 Å². The van der Waals surface area contributed by atoms with Gasteiger partial charge >= 0.3 is 5.97 Å². The number of aromatic amines is 1. The highest BCUT2D eigenvalue weighted by atomic mass is 16.5. The van der Waals surface area contributed by atoms with E-state index in [1.807, 2.05) is 6.92 Å². The molecule has 1 aliphatic rings. The van der Waals surface area contributed by atoms with Gasteiger partial charge in [0.05, 0.1) is 39.9 Å². The summed E-state index contributed by atoms with van der Waals surface area (Å²) in [5.74, 6) is -0.922. The van der Waals surface area contributed by atoms with Gasteiger partial charge in [-0.25, -0.2) is 14.7 Å². The summed E-state index contributed by atoms with van der Waals surface area (Å²) in [6.07, 6.45) is -0.860. The van der Waals surface area contributed by atoms with Gasteiger partial charge in [0, 0.05) is 0 Å². The molecule has 0 fully saturated rings. The smallest absolute Gasteiger partial charge is 0.338 e. The van der Waals surface area contributed by atoms with Crippen molar-refractivity contribution in [2.24, 2.45) is 0 Å². The van der Waals surface area contributed by atoms with Crippen LogP contribution in [0.4, 0.5) is 5.69 Å². The number of nitrogens with zero attached hydrogens (tertiary/aromatic N) is 2. The van der Waals surface area contributed by atoms with Crippen molar-refractivity contribution in [3.8, 4) is 5.75 Å². The predicted molar refractivity (Wildman–Crippen MR) is 131 cm³/mol. The first-order valence-electron chi connectivity index (χ1n) is 11.3. The minimum atomic E-state index is -0.860. The normalized spacial score (nSPS) is 13.6. The lowest BCUT2D eigenvalue weighted by atomic mass is 10.1. The first-order valence-corrected chi connectivity index (χ1v) is 11.3. The maximum absolute atomic E-state index is 13.1. The summed E-state index contributed by atoms with van der Waals surface area (Å²) in [6, 6.07) is 17.7. The monoisotopic (exact) mass is 483 g/mol. The number of benzene rings is 3. The number of nitrogens with one attached hydrogen (secondary N) is 1. The molecule has 2 heterocycles. The Hall–Kier alpha value is -4.79. The molecule has 3 aromatic carbocycles. The average Bonchev–Trinajstić information content (AvgIpc) is 3.14. The Morgan fingerprint density at radius 1 is 0.972 bits per heavy atom. The highest BCUT2D eigenvalue weighted by Gasteiger charge is 2.37. The molecule has 0 spiro atoms. The van der Waals surface area contributed by atoms with Gasteiger partial charge in [0.1, 0.15) is 5.75 Å². The lowest BCUT2D eigenvalue weighted by Crippen LogP contribution is -2.29. The van der Waals surface area contributed by atoms with E-state index in [4.69, 9.17) is 9.47 Å². The van der Waals surface area contributed by atoms with E-state index in [2.05, 4.69) is 9.97 Å². The fourth-order valence-electron chi connectivity index (χ4n) is 4.04. The van der Waals surface area contributed by atoms with Crippen molar-refractivity contribution >= 4 is 34.4 Å². The van der Waals surface area contributed by atoms with Crippen molar-refractivity contribution in [2.45, 2.75) is 20.0 Å². The zero-order chi connectivity index (χ0) is 25.4. The fraction of sp³-hybridized carbons (Fsp3) is 0.148. The number of amides is 2. The van der Waals surface area contributed by atoms with Crippen LogP contribution in [0.5, 0.6) is 5.75 Å². The summed E-state index contributed by atoms with van der Waals surface area (Å²) < 4.78 is 10.9. The van der Waals surface area contributed by atoms with Gasteiger partial charge in [-0.15, -0.1) is 0 Å². The van der Waals surface area contributed by atoms with Crippen LogP contribution >= 0.6 is 0 Å². The van der Waals surface area contributed by atoms with E-state index in [-0.39, 0.29) is 28.1 Å². The number of carbonyl (C=O) groups excluding carboxylic acids is 3. The molecule has 1 unspecified atom stereocenters. The largest absolute Gasteiger partial charge is 0.494 e. The SMILES string of the molecule is CCOc1ccc(N2C(=O)c3ccc(C(=O)OC(C)c4nc5ccccc5c(=O)[nH]4)cc3C2=O)cc1. The zero-order valence-electron chi connectivity index (χ0n) is 19.5. The molecule has 2 amide bonds. The molecule has 180 valence electrons. The van der Waals surface area contributed by atoms with Gasteiger partial charge in [0.2, 0.25) is 0 Å². The zero-order valence-corrected chi connectivity index (χ0v) is 19.5. The maximum atomic E-state index is 13.1. The highest BCUT2D eigenvalue weighted by Crippen LogP contribution is 2.30. The Morgan fingerprint density at radius 3 is 2.44 bits per heavy atom. The average molecular weight is 483 g/mol. The predicted octanol–water partition coefficient (Wildman–Crippen LogP) is 4.04. The molecule has 5 rings (SSSR count). The number of fused-ring (bicyclic) bond motifs is 2. The van der Waals surface area contributed by atoms with Crippen molar-refractivity contribution in [1.29, 1.82) is 0 Å². The first kappa shape index (κ1) is 23.0. The van der Waals surface area contributed by atoms with Crippen LogP contribution in [-0.2, 0) is 4.74 Å². The molecule has 0 radical (unpaired) electrons. The van der Waals surface area contributed by atoms with Gasteiger partial charge in [0.15, 0.2) is 11.9 Å². The molecule has 0 aliphatic carbocycles. The number of ether oxygens (including phenoxy) is 2. The fourth-order valence-corrected chi connectivity index (χ4v) is 4.04.